The van der Waals surface area contributed by atoms with E-state index in [1.807, 2.05) is 0 Å². The summed E-state index contributed by atoms with van der Waals surface area (Å²) < 4.78 is 0. The van der Waals surface area contributed by atoms with Gasteiger partial charge in [-0.1, -0.05) is 6.08 Å². The molecule has 0 aliphatic heterocycles. The van der Waals surface area contributed by atoms with E-state index in [0.717, 1.165) is 0 Å². The number of hydrogen-bond donors (Lipinski definition) is 0. The van der Waals surface area contributed by atoms with Gasteiger partial charge in [-0.2, -0.15) is 0 Å². The van der Waals surface area contributed by atoms with Crippen LogP contribution < -0.4 is 0 Å². The van der Waals surface area contributed by atoms with E-state index in [9.17, 15) is 4.79 Å². The van der Waals surface area contributed by atoms with Crippen LogP contribution in [0.5, 0.6) is 0 Å². The van der Waals surface area contributed by atoms with Gasteiger partial charge in [0.25, 0.3) is 0 Å². The highest BCUT2D eigenvalue weighted by Crippen LogP contribution is 1.92. The van der Waals surface area contributed by atoms with Gasteiger partial charge >= 0.3 is 0 Å². The molecule has 0 aliphatic carbocycles. The third kappa shape index (κ3) is 1.97. The maximum atomic E-state index is 11.1. The molecule has 0 saturated heterocycles. The highest BCUT2D eigenvalue weighted by molar-refractivity contribution is 6.02. The van der Waals surface area contributed by atoms with Crippen LogP contribution in [0.15, 0.2) is 30.7 Å². The third-order valence-corrected chi connectivity index (χ3v) is 1.13. The molecule has 0 aromatic carbocycles. The molecule has 0 radical (unpaired) electrons. The summed E-state index contributed by atoms with van der Waals surface area (Å²) in [6.45, 7) is 1.79. The van der Waals surface area contributed by atoms with Crippen LogP contribution in [0.1, 0.15) is 17.4 Å². The minimum absolute atomic E-state index is 0.111. The van der Waals surface area contributed by atoms with Crippen molar-refractivity contribution in [3.05, 3.63) is 36.4 Å². The van der Waals surface area contributed by atoms with E-state index in [-0.39, 0.29) is 5.78 Å². The second-order valence-electron chi connectivity index (χ2n) is 1.95. The predicted octanol–water partition coefficient (Wildman–Crippen LogP) is 1.24. The number of aromatic nitrogens is 2. The first kappa shape index (κ1) is 7.60. The van der Waals surface area contributed by atoms with Crippen molar-refractivity contribution in [2.45, 2.75) is 6.92 Å². The van der Waals surface area contributed by atoms with E-state index in [4.69, 9.17) is 0 Å². The molecule has 3 heteroatoms. The SMILES string of the molecule is CC=CC(=O)c1cnccn1. The molecule has 1 aromatic heterocycles. The number of nitrogens with zero attached hydrogens (tertiary/aromatic N) is 2. The molecule has 11 heavy (non-hydrogen) atoms. The first-order valence-electron chi connectivity index (χ1n) is 3.27. The zero-order valence-corrected chi connectivity index (χ0v) is 6.19. The first-order chi connectivity index (χ1) is 5.34. The lowest BCUT2D eigenvalue weighted by atomic mass is 10.3. The second-order valence-corrected chi connectivity index (χ2v) is 1.95. The van der Waals surface area contributed by atoms with Crippen LogP contribution in [0.25, 0.3) is 0 Å². The fourth-order valence-electron chi connectivity index (χ4n) is 0.663. The molecule has 0 spiro atoms. The Morgan fingerprint density at radius 3 is 2.91 bits per heavy atom. The molecule has 0 bridgehead atoms. The molecule has 1 heterocycles. The summed E-state index contributed by atoms with van der Waals surface area (Å²) in [5.41, 5.74) is 0.380. The molecule has 1 aromatic rings. The van der Waals surface area contributed by atoms with Gasteiger partial charge in [0, 0.05) is 12.4 Å². The van der Waals surface area contributed by atoms with Gasteiger partial charge in [-0.05, 0) is 13.0 Å². The Bertz CT molecular complexity index is 267. The number of carbonyl (C=O) groups is 1. The Balaban J connectivity index is 2.86. The van der Waals surface area contributed by atoms with Crippen LogP contribution in [0, 0.1) is 0 Å². The minimum atomic E-state index is -0.111. The largest absolute Gasteiger partial charge is 0.287 e. The number of allylic oxidation sites excluding steroid dienone is 2. The van der Waals surface area contributed by atoms with Crippen LogP contribution in [0.4, 0.5) is 0 Å². The van der Waals surface area contributed by atoms with Crippen molar-refractivity contribution in [1.82, 2.24) is 9.97 Å². The molecule has 3 nitrogen and oxygen atoms in total. The molecule has 0 saturated carbocycles. The van der Waals surface area contributed by atoms with E-state index in [1.54, 1.807) is 13.0 Å². The highest BCUT2D eigenvalue weighted by atomic mass is 16.1. The molecule has 1 rings (SSSR count). The summed E-state index contributed by atoms with van der Waals surface area (Å²) in [6, 6.07) is 0. The Morgan fingerprint density at radius 2 is 2.36 bits per heavy atom. The predicted molar refractivity (Wildman–Crippen MR) is 41.2 cm³/mol. The number of rotatable bonds is 2. The van der Waals surface area contributed by atoms with Crippen LogP contribution in [-0.4, -0.2) is 15.8 Å². The Hall–Kier alpha value is -1.51. The summed E-state index contributed by atoms with van der Waals surface area (Å²) >= 11 is 0. The van der Waals surface area contributed by atoms with Gasteiger partial charge in [-0.25, -0.2) is 4.98 Å². The number of hydrogen-bond acceptors (Lipinski definition) is 3. The quantitative estimate of drug-likeness (QED) is 0.468. The van der Waals surface area contributed by atoms with E-state index < -0.39 is 0 Å². The van der Waals surface area contributed by atoms with Crippen molar-refractivity contribution in [2.24, 2.45) is 0 Å². The van der Waals surface area contributed by atoms with Crippen molar-refractivity contribution in [1.29, 1.82) is 0 Å². The molecular weight excluding hydrogens is 140 g/mol. The zero-order valence-electron chi connectivity index (χ0n) is 6.19. The monoisotopic (exact) mass is 148 g/mol. The molecule has 56 valence electrons. The van der Waals surface area contributed by atoms with Crippen LogP contribution in [-0.2, 0) is 0 Å². The summed E-state index contributed by atoms with van der Waals surface area (Å²) in [6.07, 6.45) is 7.62. The number of carbonyl (C=O) groups excluding carboxylic acids is 1. The van der Waals surface area contributed by atoms with Crippen LogP contribution in [0.3, 0.4) is 0 Å². The maximum absolute atomic E-state index is 11.1. The molecule has 0 unspecified atom stereocenters. The molecule has 0 fully saturated rings. The van der Waals surface area contributed by atoms with Crippen LogP contribution >= 0.6 is 0 Å². The summed E-state index contributed by atoms with van der Waals surface area (Å²) in [7, 11) is 0. The summed E-state index contributed by atoms with van der Waals surface area (Å²) in [5.74, 6) is -0.111. The van der Waals surface area contributed by atoms with Gasteiger partial charge in [0.2, 0.25) is 5.78 Å². The average molecular weight is 148 g/mol. The lowest BCUT2D eigenvalue weighted by Gasteiger charge is -1.89. The molecule has 0 amide bonds. The van der Waals surface area contributed by atoms with Crippen molar-refractivity contribution < 1.29 is 4.79 Å². The molecule has 0 atom stereocenters. The van der Waals surface area contributed by atoms with Crippen molar-refractivity contribution in [3.63, 3.8) is 0 Å². The maximum Gasteiger partial charge on any atom is 0.205 e. The van der Waals surface area contributed by atoms with Gasteiger partial charge in [-0.3, -0.25) is 9.78 Å². The van der Waals surface area contributed by atoms with E-state index >= 15 is 0 Å². The summed E-state index contributed by atoms with van der Waals surface area (Å²) in [4.78, 5) is 18.7. The Kier molecular flexibility index (Phi) is 2.49. The van der Waals surface area contributed by atoms with Crippen molar-refractivity contribution in [2.75, 3.05) is 0 Å². The van der Waals surface area contributed by atoms with Gasteiger partial charge < -0.3 is 0 Å². The van der Waals surface area contributed by atoms with E-state index in [1.165, 1.54) is 24.7 Å². The van der Waals surface area contributed by atoms with E-state index in [0.29, 0.717) is 5.69 Å². The average Bonchev–Trinajstić information content (AvgIpc) is 2.07. The standard InChI is InChI=1S/C8H8N2O/c1-2-3-8(11)7-6-9-4-5-10-7/h2-6H,1H3. The first-order valence-corrected chi connectivity index (χ1v) is 3.27. The Labute approximate surface area is 64.8 Å². The smallest absolute Gasteiger partial charge is 0.205 e. The fraction of sp³-hybridized carbons (Fsp3) is 0.125. The highest BCUT2D eigenvalue weighted by Gasteiger charge is 1.99. The van der Waals surface area contributed by atoms with Gasteiger partial charge in [-0.15, -0.1) is 0 Å². The van der Waals surface area contributed by atoms with Gasteiger partial charge in [0.15, 0.2) is 0 Å². The van der Waals surface area contributed by atoms with Gasteiger partial charge in [0.1, 0.15) is 5.69 Å². The zero-order chi connectivity index (χ0) is 8.10. The normalized spacial score (nSPS) is 10.3. The summed E-state index contributed by atoms with van der Waals surface area (Å²) in [5, 5.41) is 0. The topological polar surface area (TPSA) is 42.9 Å². The van der Waals surface area contributed by atoms with Crippen LogP contribution in [0.2, 0.25) is 0 Å². The Morgan fingerprint density at radius 1 is 1.55 bits per heavy atom. The van der Waals surface area contributed by atoms with Crippen molar-refractivity contribution >= 4 is 5.78 Å². The lowest BCUT2D eigenvalue weighted by molar-refractivity contribution is 0.104. The fourth-order valence-corrected chi connectivity index (χ4v) is 0.663. The number of ketones is 1. The molecule has 0 aliphatic rings. The molecular formula is C8H8N2O. The van der Waals surface area contributed by atoms with Crippen molar-refractivity contribution in [3.8, 4) is 0 Å². The van der Waals surface area contributed by atoms with Gasteiger partial charge in [0.05, 0.1) is 6.20 Å². The molecule has 0 N–H and O–H groups in total. The second kappa shape index (κ2) is 3.61. The minimum Gasteiger partial charge on any atom is -0.287 e. The third-order valence-electron chi connectivity index (χ3n) is 1.13. The van der Waals surface area contributed by atoms with E-state index in [2.05, 4.69) is 9.97 Å². The lowest BCUT2D eigenvalue weighted by Crippen LogP contribution is -1.97.